The number of likely N-dealkylation sites (tertiary alicyclic amines) is 1. The Bertz CT molecular complexity index is 766. The monoisotopic (exact) mass is 432 g/mol. The van der Waals surface area contributed by atoms with Crippen LogP contribution < -0.4 is 5.32 Å². The fourth-order valence-electron chi connectivity index (χ4n) is 3.97. The van der Waals surface area contributed by atoms with Crippen LogP contribution in [0, 0.1) is 0 Å². The van der Waals surface area contributed by atoms with Crippen LogP contribution in [-0.2, 0) is 14.3 Å². The molecule has 0 saturated carbocycles. The van der Waals surface area contributed by atoms with Gasteiger partial charge in [-0.25, -0.2) is 8.78 Å². The number of aliphatic hydroxyl groups is 1. The van der Waals surface area contributed by atoms with Gasteiger partial charge in [0.05, 0.1) is 17.7 Å². The number of carboxylic acid groups (broad SMARTS) is 1. The van der Waals surface area contributed by atoms with Crippen LogP contribution in [-0.4, -0.2) is 80.5 Å². The van der Waals surface area contributed by atoms with Crippen LogP contribution in [0.4, 0.5) is 8.78 Å². The number of aromatic amines is 1. The number of ether oxygens (including phenoxy) is 1. The zero-order valence-electron chi connectivity index (χ0n) is 16.7. The molecule has 3 rings (SSSR count). The number of amides is 2. The number of alkyl halides is 2. The molecule has 2 atom stereocenters. The first-order valence-electron chi connectivity index (χ1n) is 9.37. The summed E-state index contributed by atoms with van der Waals surface area (Å²) < 4.78 is 31.2. The van der Waals surface area contributed by atoms with Gasteiger partial charge in [0.1, 0.15) is 11.8 Å². The Morgan fingerprint density at radius 1 is 1.43 bits per heavy atom. The summed E-state index contributed by atoms with van der Waals surface area (Å²) in [7, 11) is 0. The van der Waals surface area contributed by atoms with Crippen molar-refractivity contribution in [2.45, 2.75) is 56.8 Å². The lowest BCUT2D eigenvalue weighted by atomic mass is 9.74. The number of carbonyl (C=O) groups is 3. The number of rotatable bonds is 3. The number of hydrogen-bond acceptors (Lipinski definition) is 6. The summed E-state index contributed by atoms with van der Waals surface area (Å²) in [5, 5.41) is 25.8. The van der Waals surface area contributed by atoms with Gasteiger partial charge in [-0.1, -0.05) is 0 Å². The van der Waals surface area contributed by atoms with Crippen LogP contribution >= 0.6 is 0 Å². The largest absolute Gasteiger partial charge is 0.483 e. The van der Waals surface area contributed by atoms with Crippen molar-refractivity contribution in [3.05, 3.63) is 17.5 Å². The number of piperidine rings is 1. The second-order valence-corrected chi connectivity index (χ2v) is 7.69. The van der Waals surface area contributed by atoms with E-state index < -0.39 is 29.6 Å². The van der Waals surface area contributed by atoms with Crippen molar-refractivity contribution in [1.29, 1.82) is 0 Å². The van der Waals surface area contributed by atoms with Crippen molar-refractivity contribution in [3.63, 3.8) is 0 Å². The third-order valence-corrected chi connectivity index (χ3v) is 5.45. The van der Waals surface area contributed by atoms with Crippen LogP contribution in [0.2, 0.25) is 0 Å². The molecule has 0 aromatic carbocycles. The molecule has 4 N–H and O–H groups in total. The zero-order valence-corrected chi connectivity index (χ0v) is 16.7. The zero-order chi connectivity index (χ0) is 22.5. The molecular formula is C18H26F2N4O6. The van der Waals surface area contributed by atoms with Gasteiger partial charge in [-0.15, -0.1) is 0 Å². The van der Waals surface area contributed by atoms with Gasteiger partial charge in [-0.2, -0.15) is 5.10 Å². The van der Waals surface area contributed by atoms with Crippen LogP contribution in [0.15, 0.2) is 6.07 Å². The molecule has 0 bridgehead atoms. The normalized spacial score (nSPS) is 25.4. The molecule has 2 fully saturated rings. The molecule has 0 radical (unpaired) electrons. The Morgan fingerprint density at radius 3 is 2.53 bits per heavy atom. The summed E-state index contributed by atoms with van der Waals surface area (Å²) in [4.78, 5) is 33.9. The molecule has 2 amide bonds. The lowest BCUT2D eigenvalue weighted by Crippen LogP contribution is -2.65. The van der Waals surface area contributed by atoms with Gasteiger partial charge in [-0.3, -0.25) is 19.5 Å². The maximum atomic E-state index is 12.7. The number of aromatic nitrogens is 2. The average Bonchev–Trinajstić information content (AvgIpc) is 3.16. The lowest BCUT2D eigenvalue weighted by Gasteiger charge is -2.51. The number of nitrogens with one attached hydrogen (secondary N) is 2. The van der Waals surface area contributed by atoms with Gasteiger partial charge >= 0.3 is 0 Å². The van der Waals surface area contributed by atoms with E-state index in [1.165, 1.54) is 6.92 Å². The number of nitrogens with zero attached hydrogens (tertiary/aromatic N) is 2. The minimum absolute atomic E-state index is 0.0377. The minimum Gasteiger partial charge on any atom is -0.483 e. The smallest absolute Gasteiger partial charge is 0.290 e. The molecule has 0 aliphatic carbocycles. The number of aliphatic hydroxyl groups excluding tert-OH is 1. The predicted molar refractivity (Wildman–Crippen MR) is 98.9 cm³/mol. The average molecular weight is 432 g/mol. The van der Waals surface area contributed by atoms with Crippen LogP contribution in [0.25, 0.3) is 0 Å². The van der Waals surface area contributed by atoms with Gasteiger partial charge in [0.25, 0.3) is 18.8 Å². The molecule has 12 heteroatoms. The van der Waals surface area contributed by atoms with E-state index in [9.17, 15) is 23.5 Å². The standard InChI is InChI=1S/C17H24F2N4O4.CH2O2/c1-10(24)20-16(2)9-17(27-8-13(16)25)3-5-23(6-4-17)15(26)12-7-11(14(18)19)21-22-12;2-1-3/h7,13-14,25H,3-6,8-9H2,1-2H3,(H,20,24)(H,21,22);1H,(H,2,3)/t13-,16-;/m1./s1. The fourth-order valence-corrected chi connectivity index (χ4v) is 3.97. The molecular weight excluding hydrogens is 406 g/mol. The SMILES string of the molecule is CC(=O)N[C@]1(C)CC2(CCN(C(=O)c3cc(C(F)F)[nH]n3)CC2)OC[C@H]1O.O=CO. The molecule has 10 nitrogen and oxygen atoms in total. The van der Waals surface area contributed by atoms with Crippen LogP contribution in [0.3, 0.4) is 0 Å². The van der Waals surface area contributed by atoms with E-state index in [1.54, 1.807) is 11.8 Å². The molecule has 2 saturated heterocycles. The van der Waals surface area contributed by atoms with Crippen molar-refractivity contribution in [3.8, 4) is 0 Å². The second kappa shape index (κ2) is 9.47. The number of H-pyrrole nitrogens is 1. The van der Waals surface area contributed by atoms with Crippen molar-refractivity contribution < 1.29 is 38.1 Å². The number of carbonyl (C=O) groups excluding carboxylic acids is 2. The lowest BCUT2D eigenvalue weighted by molar-refractivity contribution is -0.179. The summed E-state index contributed by atoms with van der Waals surface area (Å²) in [6, 6.07) is 1.07. The first-order chi connectivity index (χ1) is 14.1. The Morgan fingerprint density at radius 2 is 2.03 bits per heavy atom. The predicted octanol–water partition coefficient (Wildman–Crippen LogP) is 0.699. The van der Waals surface area contributed by atoms with Crippen molar-refractivity contribution in [1.82, 2.24) is 20.4 Å². The van der Waals surface area contributed by atoms with Crippen molar-refractivity contribution in [2.75, 3.05) is 19.7 Å². The van der Waals surface area contributed by atoms with Crippen molar-refractivity contribution in [2.24, 2.45) is 0 Å². The van der Waals surface area contributed by atoms with E-state index in [-0.39, 0.29) is 30.4 Å². The molecule has 30 heavy (non-hydrogen) atoms. The summed E-state index contributed by atoms with van der Waals surface area (Å²) in [6.07, 6.45) is -2.05. The van der Waals surface area contributed by atoms with Gasteiger partial charge < -0.3 is 25.2 Å². The highest BCUT2D eigenvalue weighted by molar-refractivity contribution is 5.92. The quantitative estimate of drug-likeness (QED) is 0.515. The Balaban J connectivity index is 0.00000101. The Hall–Kier alpha value is -2.60. The Kier molecular flexibility index (Phi) is 7.48. The van der Waals surface area contributed by atoms with E-state index in [0.29, 0.717) is 32.4 Å². The van der Waals surface area contributed by atoms with E-state index in [4.69, 9.17) is 14.6 Å². The summed E-state index contributed by atoms with van der Waals surface area (Å²) in [5.41, 5.74) is -1.77. The molecule has 1 aromatic rings. The molecule has 3 heterocycles. The highest BCUT2D eigenvalue weighted by Crippen LogP contribution is 2.40. The summed E-state index contributed by atoms with van der Waals surface area (Å²) in [5.74, 6) is -0.636. The summed E-state index contributed by atoms with van der Waals surface area (Å²) >= 11 is 0. The second-order valence-electron chi connectivity index (χ2n) is 7.69. The molecule has 1 spiro atoms. The third kappa shape index (κ3) is 5.30. The molecule has 1 aromatic heterocycles. The van der Waals surface area contributed by atoms with Crippen LogP contribution in [0.5, 0.6) is 0 Å². The maximum Gasteiger partial charge on any atom is 0.290 e. The third-order valence-electron chi connectivity index (χ3n) is 5.45. The van der Waals surface area contributed by atoms with Crippen molar-refractivity contribution >= 4 is 18.3 Å². The van der Waals surface area contributed by atoms with E-state index in [1.807, 2.05) is 0 Å². The number of halogens is 2. The van der Waals surface area contributed by atoms with Gasteiger partial charge in [0, 0.05) is 26.4 Å². The highest BCUT2D eigenvalue weighted by atomic mass is 19.3. The van der Waals surface area contributed by atoms with Gasteiger partial charge in [0.15, 0.2) is 5.69 Å². The fraction of sp³-hybridized carbons (Fsp3) is 0.667. The van der Waals surface area contributed by atoms with E-state index in [2.05, 4.69) is 15.5 Å². The summed E-state index contributed by atoms with van der Waals surface area (Å²) in [6.45, 7) is 3.79. The van der Waals surface area contributed by atoms with E-state index >= 15 is 0 Å². The molecule has 2 aliphatic heterocycles. The van der Waals surface area contributed by atoms with Crippen LogP contribution in [0.1, 0.15) is 55.7 Å². The van der Waals surface area contributed by atoms with Gasteiger partial charge in [0.2, 0.25) is 5.91 Å². The first kappa shape index (κ1) is 23.7. The maximum absolute atomic E-state index is 12.7. The Labute approximate surface area is 171 Å². The first-order valence-corrected chi connectivity index (χ1v) is 9.37. The minimum atomic E-state index is -2.71. The molecule has 0 unspecified atom stereocenters. The molecule has 2 aliphatic rings. The van der Waals surface area contributed by atoms with E-state index in [0.717, 1.165) is 6.07 Å². The topological polar surface area (TPSA) is 145 Å². The van der Waals surface area contributed by atoms with Gasteiger partial charge in [-0.05, 0) is 25.8 Å². The molecule has 168 valence electrons. The highest BCUT2D eigenvalue weighted by Gasteiger charge is 2.50. The number of hydrogen-bond donors (Lipinski definition) is 4.